The molecule has 8 heteroatoms. The number of fused-ring (bicyclic) bond motifs is 2. The first-order valence-electron chi connectivity index (χ1n) is 9.64. The molecule has 2 heterocycles. The summed E-state index contributed by atoms with van der Waals surface area (Å²) in [6, 6.07) is 14.9. The van der Waals surface area contributed by atoms with Crippen molar-refractivity contribution < 1.29 is 9.53 Å². The second-order valence-corrected chi connectivity index (χ2v) is 7.09. The summed E-state index contributed by atoms with van der Waals surface area (Å²) < 4.78 is 7.19. The number of rotatable bonds is 5. The number of ether oxygens (including phenoxy) is 1. The average Bonchev–Trinajstić information content (AvgIpc) is 2.75. The van der Waals surface area contributed by atoms with E-state index in [4.69, 9.17) is 4.74 Å². The van der Waals surface area contributed by atoms with Gasteiger partial charge in [-0.1, -0.05) is 29.5 Å². The molecule has 1 amide bonds. The zero-order valence-corrected chi connectivity index (χ0v) is 16.5. The van der Waals surface area contributed by atoms with Crippen molar-refractivity contribution >= 4 is 22.5 Å². The Hall–Kier alpha value is -3.42. The van der Waals surface area contributed by atoms with Crippen molar-refractivity contribution in [2.75, 3.05) is 31.6 Å². The van der Waals surface area contributed by atoms with Gasteiger partial charge in [0.05, 0.1) is 24.2 Å². The summed E-state index contributed by atoms with van der Waals surface area (Å²) in [7, 11) is 1.71. The molecule has 0 bridgehead atoms. The highest BCUT2D eigenvalue weighted by molar-refractivity contribution is 5.78. The summed E-state index contributed by atoms with van der Waals surface area (Å²) in [6.45, 7) is 3.91. The van der Waals surface area contributed by atoms with Crippen LogP contribution < -0.4 is 15.2 Å². The zero-order valence-electron chi connectivity index (χ0n) is 16.5. The van der Waals surface area contributed by atoms with Gasteiger partial charge in [0.1, 0.15) is 23.9 Å². The number of aromatic nitrogens is 3. The van der Waals surface area contributed by atoms with Gasteiger partial charge in [0.25, 0.3) is 5.56 Å². The lowest BCUT2D eigenvalue weighted by Crippen LogP contribution is -2.47. The van der Waals surface area contributed by atoms with Crippen molar-refractivity contribution in [1.29, 1.82) is 0 Å². The topological polar surface area (TPSA) is 80.6 Å². The third kappa shape index (κ3) is 3.78. The number of amides is 1. The molecule has 1 aromatic heterocycles. The van der Waals surface area contributed by atoms with E-state index in [1.165, 1.54) is 0 Å². The summed E-state index contributed by atoms with van der Waals surface area (Å²) in [5.41, 5.74) is 1.26. The number of carbonyl (C=O) groups excluding carboxylic acids is 1. The van der Waals surface area contributed by atoms with E-state index in [0.717, 1.165) is 22.7 Å². The lowest BCUT2D eigenvalue weighted by molar-refractivity contribution is -0.131. The van der Waals surface area contributed by atoms with E-state index in [0.29, 0.717) is 24.0 Å². The monoisotopic (exact) mass is 393 g/mol. The van der Waals surface area contributed by atoms with Gasteiger partial charge in [-0.2, -0.15) is 0 Å². The van der Waals surface area contributed by atoms with E-state index in [2.05, 4.69) is 22.1 Å². The quantitative estimate of drug-likeness (QED) is 0.654. The van der Waals surface area contributed by atoms with Crippen LogP contribution in [0.4, 0.5) is 5.69 Å². The Bertz CT molecular complexity index is 1100. The minimum absolute atomic E-state index is 0.154. The molecular weight excluding hydrogens is 370 g/mol. The summed E-state index contributed by atoms with van der Waals surface area (Å²) in [5, 5.41) is 8.37. The molecule has 150 valence electrons. The number of hydrogen-bond donors (Lipinski definition) is 0. The van der Waals surface area contributed by atoms with Gasteiger partial charge in [-0.3, -0.25) is 9.59 Å². The summed E-state index contributed by atoms with van der Waals surface area (Å²) in [5.74, 6) is 0.602. The molecule has 0 radical (unpaired) electrons. The van der Waals surface area contributed by atoms with Gasteiger partial charge in [-0.25, -0.2) is 4.68 Å². The largest absolute Gasteiger partial charge is 0.485 e. The maximum atomic E-state index is 12.7. The molecule has 29 heavy (non-hydrogen) atoms. The van der Waals surface area contributed by atoms with Crippen LogP contribution in [0.5, 0.6) is 5.75 Å². The van der Waals surface area contributed by atoms with Gasteiger partial charge in [0.15, 0.2) is 0 Å². The molecular formula is C21H23N5O3. The number of benzene rings is 2. The number of likely N-dealkylation sites (N-methyl/N-ethyl adjacent to an activating group) is 2. The van der Waals surface area contributed by atoms with Crippen LogP contribution in [-0.2, 0) is 11.3 Å². The zero-order chi connectivity index (χ0) is 20.4. The fourth-order valence-corrected chi connectivity index (χ4v) is 3.56. The third-order valence-electron chi connectivity index (χ3n) is 5.12. The maximum absolute atomic E-state index is 12.7. The molecule has 0 saturated heterocycles. The standard InChI is InChI=1S/C21H23N5O3/c1-3-25-13-15(29-19-11-7-6-10-18(19)25)12-24(2)20(27)14-26-21(28)16-8-4-5-9-17(16)22-23-26/h4-11,15H,3,12-14H2,1-2H3. The number of para-hydroxylation sites is 2. The molecule has 0 spiro atoms. The molecule has 1 atom stereocenters. The third-order valence-corrected chi connectivity index (χ3v) is 5.12. The Morgan fingerprint density at radius 3 is 2.79 bits per heavy atom. The number of carbonyl (C=O) groups is 1. The van der Waals surface area contributed by atoms with Crippen molar-refractivity contribution in [1.82, 2.24) is 19.9 Å². The predicted molar refractivity (Wildman–Crippen MR) is 110 cm³/mol. The van der Waals surface area contributed by atoms with Gasteiger partial charge in [0.2, 0.25) is 5.91 Å². The Labute approximate surface area is 168 Å². The first-order valence-corrected chi connectivity index (χ1v) is 9.64. The van der Waals surface area contributed by atoms with Crippen molar-refractivity contribution in [3.05, 3.63) is 58.9 Å². The van der Waals surface area contributed by atoms with Gasteiger partial charge in [-0.05, 0) is 31.2 Å². The first kappa shape index (κ1) is 18.9. The van der Waals surface area contributed by atoms with Crippen molar-refractivity contribution in [3.8, 4) is 5.75 Å². The second-order valence-electron chi connectivity index (χ2n) is 7.09. The van der Waals surface area contributed by atoms with Crippen LogP contribution in [0.25, 0.3) is 10.9 Å². The van der Waals surface area contributed by atoms with E-state index < -0.39 is 0 Å². The lowest BCUT2D eigenvalue weighted by Gasteiger charge is -2.37. The van der Waals surface area contributed by atoms with Crippen LogP contribution in [0.1, 0.15) is 6.92 Å². The number of hydrogen-bond acceptors (Lipinski definition) is 6. The molecule has 1 aliphatic heterocycles. The molecule has 8 nitrogen and oxygen atoms in total. The van der Waals surface area contributed by atoms with Gasteiger partial charge >= 0.3 is 0 Å². The Kier molecular flexibility index (Phi) is 5.16. The molecule has 0 saturated carbocycles. The van der Waals surface area contributed by atoms with Crippen LogP contribution in [0.15, 0.2) is 53.3 Å². The summed E-state index contributed by atoms with van der Waals surface area (Å²) in [6.07, 6.45) is -0.154. The SMILES string of the molecule is CCN1CC(CN(C)C(=O)Cn2nnc3ccccc3c2=O)Oc2ccccc21. The molecule has 0 N–H and O–H groups in total. The highest BCUT2D eigenvalue weighted by Crippen LogP contribution is 2.32. The Morgan fingerprint density at radius 1 is 1.21 bits per heavy atom. The first-order chi connectivity index (χ1) is 14.1. The molecule has 4 rings (SSSR count). The minimum Gasteiger partial charge on any atom is -0.485 e. The van der Waals surface area contributed by atoms with E-state index in [1.807, 2.05) is 24.3 Å². The van der Waals surface area contributed by atoms with Crippen molar-refractivity contribution in [3.63, 3.8) is 0 Å². The normalized spacial score (nSPS) is 15.7. The van der Waals surface area contributed by atoms with Crippen LogP contribution in [-0.4, -0.2) is 58.6 Å². The van der Waals surface area contributed by atoms with Crippen LogP contribution in [0.3, 0.4) is 0 Å². The molecule has 2 aromatic carbocycles. The predicted octanol–water partition coefficient (Wildman–Crippen LogP) is 1.54. The van der Waals surface area contributed by atoms with Gasteiger partial charge < -0.3 is 14.5 Å². The summed E-state index contributed by atoms with van der Waals surface area (Å²) >= 11 is 0. The lowest BCUT2D eigenvalue weighted by atomic mass is 10.2. The van der Waals surface area contributed by atoms with Crippen LogP contribution in [0.2, 0.25) is 0 Å². The number of nitrogens with zero attached hydrogens (tertiary/aromatic N) is 5. The highest BCUT2D eigenvalue weighted by atomic mass is 16.5. The Balaban J connectivity index is 1.45. The maximum Gasteiger partial charge on any atom is 0.278 e. The molecule has 0 fully saturated rings. The van der Waals surface area contributed by atoms with E-state index in [-0.39, 0.29) is 24.1 Å². The molecule has 1 aliphatic rings. The van der Waals surface area contributed by atoms with E-state index >= 15 is 0 Å². The molecule has 3 aromatic rings. The fraction of sp³-hybridized carbons (Fsp3) is 0.333. The van der Waals surface area contributed by atoms with Crippen LogP contribution >= 0.6 is 0 Å². The number of anilines is 1. The van der Waals surface area contributed by atoms with E-state index in [9.17, 15) is 9.59 Å². The van der Waals surface area contributed by atoms with Crippen molar-refractivity contribution in [2.45, 2.75) is 19.6 Å². The van der Waals surface area contributed by atoms with Gasteiger partial charge in [0, 0.05) is 13.6 Å². The smallest absolute Gasteiger partial charge is 0.278 e. The molecule has 0 aliphatic carbocycles. The summed E-state index contributed by atoms with van der Waals surface area (Å²) in [4.78, 5) is 29.1. The highest BCUT2D eigenvalue weighted by Gasteiger charge is 2.27. The Morgan fingerprint density at radius 2 is 1.97 bits per heavy atom. The fourth-order valence-electron chi connectivity index (χ4n) is 3.56. The minimum atomic E-state index is -0.322. The second kappa shape index (κ2) is 7.90. The van der Waals surface area contributed by atoms with E-state index in [1.54, 1.807) is 36.2 Å². The van der Waals surface area contributed by atoms with Crippen LogP contribution in [0, 0.1) is 0 Å². The average molecular weight is 393 g/mol. The van der Waals surface area contributed by atoms with Gasteiger partial charge in [-0.15, -0.1) is 5.10 Å². The molecule has 1 unspecified atom stereocenters. The van der Waals surface area contributed by atoms with Crippen molar-refractivity contribution in [2.24, 2.45) is 0 Å².